The molecule has 2 heteroatoms. The zero-order chi connectivity index (χ0) is 31.5. The molecule has 0 bridgehead atoms. The fraction of sp³-hybridized carbons (Fsp3) is 0.0667. The molecule has 1 aliphatic carbocycles. The first-order chi connectivity index (χ1) is 23.1. The van der Waals surface area contributed by atoms with Crippen molar-refractivity contribution < 1.29 is 0 Å². The topological polar surface area (TPSA) is 8.17 Å². The lowest BCUT2D eigenvalue weighted by Crippen LogP contribution is -2.14. The molecule has 0 radical (unpaired) electrons. The van der Waals surface area contributed by atoms with Crippen LogP contribution >= 0.6 is 0 Å². The van der Waals surface area contributed by atoms with Crippen LogP contribution in [0.3, 0.4) is 0 Å². The van der Waals surface area contributed by atoms with Crippen molar-refractivity contribution in [2.24, 2.45) is 0 Å². The number of anilines is 3. The lowest BCUT2D eigenvalue weighted by molar-refractivity contribution is 0.660. The van der Waals surface area contributed by atoms with Gasteiger partial charge in [-0.2, -0.15) is 0 Å². The van der Waals surface area contributed by atoms with Crippen molar-refractivity contribution in [1.82, 2.24) is 4.57 Å². The van der Waals surface area contributed by atoms with Gasteiger partial charge in [0.05, 0.1) is 11.0 Å². The smallest absolute Gasteiger partial charge is 0.0561 e. The normalized spacial score (nSPS) is 13.1. The minimum absolute atomic E-state index is 0.0210. The number of fused-ring (bicyclic) bond motifs is 6. The molecule has 0 fully saturated rings. The summed E-state index contributed by atoms with van der Waals surface area (Å²) in [4.78, 5) is 2.37. The van der Waals surface area contributed by atoms with Crippen LogP contribution in [0.15, 0.2) is 170 Å². The van der Waals surface area contributed by atoms with Gasteiger partial charge >= 0.3 is 0 Å². The van der Waals surface area contributed by atoms with E-state index in [0.717, 1.165) is 22.7 Å². The maximum atomic E-state index is 2.38. The Labute approximate surface area is 275 Å². The zero-order valence-electron chi connectivity index (χ0n) is 26.6. The molecule has 1 aliphatic rings. The molecule has 2 nitrogen and oxygen atoms in total. The molecule has 1 heterocycles. The van der Waals surface area contributed by atoms with Crippen molar-refractivity contribution >= 4 is 38.9 Å². The number of para-hydroxylation sites is 3. The van der Waals surface area contributed by atoms with Crippen LogP contribution < -0.4 is 4.90 Å². The largest absolute Gasteiger partial charge is 0.310 e. The lowest BCUT2D eigenvalue weighted by Gasteiger charge is -2.26. The van der Waals surface area contributed by atoms with E-state index in [-0.39, 0.29) is 5.41 Å². The summed E-state index contributed by atoms with van der Waals surface area (Å²) < 4.78 is 2.38. The Morgan fingerprint density at radius 1 is 0.447 bits per heavy atom. The molecule has 47 heavy (non-hydrogen) atoms. The first-order valence-electron chi connectivity index (χ1n) is 16.4. The molecule has 0 atom stereocenters. The molecule has 0 spiro atoms. The summed E-state index contributed by atoms with van der Waals surface area (Å²) in [5.74, 6) is 0. The molecule has 0 saturated carbocycles. The molecule has 1 aromatic heterocycles. The van der Waals surface area contributed by atoms with E-state index in [1.54, 1.807) is 0 Å². The third-order valence-electron chi connectivity index (χ3n) is 9.99. The summed E-state index contributed by atoms with van der Waals surface area (Å²) in [5, 5.41) is 2.51. The zero-order valence-corrected chi connectivity index (χ0v) is 26.6. The monoisotopic (exact) mass is 602 g/mol. The van der Waals surface area contributed by atoms with Crippen molar-refractivity contribution in [3.05, 3.63) is 181 Å². The second kappa shape index (κ2) is 10.6. The van der Waals surface area contributed by atoms with Gasteiger partial charge in [0.2, 0.25) is 0 Å². The lowest BCUT2D eigenvalue weighted by atomic mass is 9.82. The van der Waals surface area contributed by atoms with Crippen LogP contribution in [0.25, 0.3) is 49.7 Å². The second-order valence-corrected chi connectivity index (χ2v) is 13.0. The van der Waals surface area contributed by atoms with Crippen LogP contribution in [0.5, 0.6) is 0 Å². The van der Waals surface area contributed by atoms with E-state index in [1.807, 2.05) is 0 Å². The van der Waals surface area contributed by atoms with Gasteiger partial charge in [-0.3, -0.25) is 0 Å². The number of hydrogen-bond donors (Lipinski definition) is 0. The maximum absolute atomic E-state index is 2.38. The Hall–Kier alpha value is -5.86. The van der Waals surface area contributed by atoms with Gasteiger partial charge in [-0.1, -0.05) is 129 Å². The van der Waals surface area contributed by atoms with Gasteiger partial charge in [-0.05, 0) is 88.0 Å². The fourth-order valence-corrected chi connectivity index (χ4v) is 7.76. The summed E-state index contributed by atoms with van der Waals surface area (Å²) in [6.07, 6.45) is 0. The number of aromatic nitrogens is 1. The summed E-state index contributed by atoms with van der Waals surface area (Å²) >= 11 is 0. The molecule has 0 saturated heterocycles. The molecule has 0 aliphatic heterocycles. The maximum Gasteiger partial charge on any atom is 0.0561 e. The summed E-state index contributed by atoms with van der Waals surface area (Å²) in [5.41, 5.74) is 14.9. The predicted octanol–water partition coefficient (Wildman–Crippen LogP) is 12.2. The Bertz CT molecular complexity index is 2420. The highest BCUT2D eigenvalue weighted by molar-refractivity contribution is 6.10. The van der Waals surface area contributed by atoms with Crippen LogP contribution in [0.2, 0.25) is 0 Å². The molecule has 0 amide bonds. The fourth-order valence-electron chi connectivity index (χ4n) is 7.76. The summed E-state index contributed by atoms with van der Waals surface area (Å²) in [7, 11) is 0. The van der Waals surface area contributed by atoms with Crippen LogP contribution in [0.4, 0.5) is 17.1 Å². The standard InChI is InChI=1S/C45H34N2/c1-45(2)40-21-11-9-19-39(40)44-36(20-13-22-41(44)45)31-24-26-34(27-25-31)46(32-14-5-3-6-15-32)35-28-29-38-37-18-10-12-23-42(37)47(43(38)30-35)33-16-7-4-8-17-33/h3-30H,1-2H3. The second-order valence-electron chi connectivity index (χ2n) is 13.0. The number of nitrogens with zero attached hydrogens (tertiary/aromatic N) is 2. The first kappa shape index (κ1) is 27.5. The SMILES string of the molecule is CC1(C)c2ccccc2-c2c(-c3ccc(N(c4ccccc4)c4ccc5c6ccccc6n(-c6ccccc6)c5c4)cc3)cccc21. The van der Waals surface area contributed by atoms with E-state index in [1.165, 1.54) is 55.2 Å². The van der Waals surface area contributed by atoms with Crippen molar-refractivity contribution in [3.8, 4) is 27.9 Å². The van der Waals surface area contributed by atoms with Gasteiger partial charge in [0, 0.05) is 38.9 Å². The van der Waals surface area contributed by atoms with E-state index in [9.17, 15) is 0 Å². The highest BCUT2D eigenvalue weighted by Crippen LogP contribution is 2.52. The minimum atomic E-state index is -0.0210. The molecule has 224 valence electrons. The van der Waals surface area contributed by atoms with Crippen LogP contribution in [-0.4, -0.2) is 4.57 Å². The van der Waals surface area contributed by atoms with E-state index >= 15 is 0 Å². The molecule has 7 aromatic carbocycles. The molecular weight excluding hydrogens is 569 g/mol. The van der Waals surface area contributed by atoms with Gasteiger partial charge in [0.25, 0.3) is 0 Å². The molecular formula is C45H34N2. The molecule has 0 unspecified atom stereocenters. The van der Waals surface area contributed by atoms with Gasteiger partial charge in [-0.15, -0.1) is 0 Å². The quantitative estimate of drug-likeness (QED) is 0.190. The Kier molecular flexibility index (Phi) is 6.20. The van der Waals surface area contributed by atoms with Crippen molar-refractivity contribution in [2.75, 3.05) is 4.90 Å². The number of rotatable bonds is 5. The highest BCUT2D eigenvalue weighted by atomic mass is 15.1. The van der Waals surface area contributed by atoms with Crippen LogP contribution in [0.1, 0.15) is 25.0 Å². The molecule has 8 aromatic rings. The van der Waals surface area contributed by atoms with Gasteiger partial charge < -0.3 is 9.47 Å². The van der Waals surface area contributed by atoms with Crippen LogP contribution in [-0.2, 0) is 5.41 Å². The van der Waals surface area contributed by atoms with Gasteiger partial charge in [-0.25, -0.2) is 0 Å². The predicted molar refractivity (Wildman–Crippen MR) is 198 cm³/mol. The van der Waals surface area contributed by atoms with E-state index in [0.29, 0.717) is 0 Å². The molecule has 0 N–H and O–H groups in total. The van der Waals surface area contributed by atoms with E-state index in [2.05, 4.69) is 193 Å². The third kappa shape index (κ3) is 4.26. The summed E-state index contributed by atoms with van der Waals surface area (Å²) in [6.45, 7) is 4.69. The summed E-state index contributed by atoms with van der Waals surface area (Å²) in [6, 6.07) is 61.7. The minimum Gasteiger partial charge on any atom is -0.310 e. The third-order valence-corrected chi connectivity index (χ3v) is 9.99. The van der Waals surface area contributed by atoms with Crippen molar-refractivity contribution in [2.45, 2.75) is 19.3 Å². The Balaban J connectivity index is 1.20. The van der Waals surface area contributed by atoms with Crippen molar-refractivity contribution in [1.29, 1.82) is 0 Å². The Morgan fingerprint density at radius 2 is 1.04 bits per heavy atom. The van der Waals surface area contributed by atoms with E-state index < -0.39 is 0 Å². The van der Waals surface area contributed by atoms with Gasteiger partial charge in [0.15, 0.2) is 0 Å². The highest BCUT2D eigenvalue weighted by Gasteiger charge is 2.36. The van der Waals surface area contributed by atoms with Crippen LogP contribution in [0, 0.1) is 0 Å². The van der Waals surface area contributed by atoms with Crippen molar-refractivity contribution in [3.63, 3.8) is 0 Å². The first-order valence-corrected chi connectivity index (χ1v) is 16.4. The average Bonchev–Trinajstić information content (AvgIpc) is 3.58. The molecule has 9 rings (SSSR count). The Morgan fingerprint density at radius 3 is 1.85 bits per heavy atom. The number of benzene rings is 7. The van der Waals surface area contributed by atoms with E-state index in [4.69, 9.17) is 0 Å². The van der Waals surface area contributed by atoms with Gasteiger partial charge in [0.1, 0.15) is 0 Å². The number of hydrogen-bond acceptors (Lipinski definition) is 1. The average molecular weight is 603 g/mol.